The Kier molecular flexibility index (Phi) is 8.62. The Labute approximate surface area is 244 Å². The average molecular weight is 580 g/mol. The second-order valence-corrected chi connectivity index (χ2v) is 12.3. The van der Waals surface area contributed by atoms with Crippen molar-refractivity contribution in [3.63, 3.8) is 0 Å². The lowest BCUT2D eigenvalue weighted by atomic mass is 9.94. The number of halogens is 1. The predicted molar refractivity (Wildman–Crippen MR) is 163 cm³/mol. The van der Waals surface area contributed by atoms with Crippen molar-refractivity contribution >= 4 is 51.8 Å². The summed E-state index contributed by atoms with van der Waals surface area (Å²) in [5.41, 5.74) is 2.07. The molecule has 0 radical (unpaired) electrons. The van der Waals surface area contributed by atoms with Gasteiger partial charge in [-0.15, -0.1) is 0 Å². The van der Waals surface area contributed by atoms with E-state index in [9.17, 15) is 19.2 Å². The number of nitrogens with zero attached hydrogens (tertiary/aromatic N) is 5. The van der Waals surface area contributed by atoms with E-state index in [1.807, 2.05) is 13.0 Å². The van der Waals surface area contributed by atoms with E-state index in [1.54, 1.807) is 28.5 Å². The average Bonchev–Trinajstić information content (AvgIpc) is 3.25. The Bertz CT molecular complexity index is 1430. The molecule has 2 saturated heterocycles. The van der Waals surface area contributed by atoms with Gasteiger partial charge in [0.15, 0.2) is 0 Å². The van der Waals surface area contributed by atoms with Gasteiger partial charge in [-0.05, 0) is 62.1 Å². The molecule has 2 aromatic rings. The van der Waals surface area contributed by atoms with E-state index in [1.165, 1.54) is 30.3 Å². The summed E-state index contributed by atoms with van der Waals surface area (Å²) >= 11 is 6.98. The summed E-state index contributed by atoms with van der Waals surface area (Å²) in [4.78, 5) is 33.8. The number of nitriles is 1. The van der Waals surface area contributed by atoms with Gasteiger partial charge >= 0.3 is 0 Å². The van der Waals surface area contributed by atoms with Crippen LogP contribution in [0.2, 0.25) is 0 Å². The molecule has 0 N–H and O–H groups in total. The zero-order chi connectivity index (χ0) is 28.4. The van der Waals surface area contributed by atoms with Crippen LogP contribution in [0.15, 0.2) is 34.0 Å². The lowest BCUT2D eigenvalue weighted by molar-refractivity contribution is -0.124. The molecule has 40 heavy (non-hydrogen) atoms. The summed E-state index contributed by atoms with van der Waals surface area (Å²) in [6.45, 7) is 6.91. The van der Waals surface area contributed by atoms with Crippen molar-refractivity contribution in [3.05, 3.63) is 62.0 Å². The van der Waals surface area contributed by atoms with E-state index in [4.69, 9.17) is 12.2 Å². The third-order valence-corrected chi connectivity index (χ3v) is 9.43. The molecule has 3 heterocycles. The van der Waals surface area contributed by atoms with Crippen LogP contribution in [0.3, 0.4) is 0 Å². The second-order valence-electron chi connectivity index (χ2n) is 10.6. The highest BCUT2D eigenvalue weighted by Crippen LogP contribution is 2.39. The van der Waals surface area contributed by atoms with Crippen LogP contribution in [0.5, 0.6) is 0 Å². The summed E-state index contributed by atoms with van der Waals surface area (Å²) in [6, 6.07) is 8.75. The zero-order valence-electron chi connectivity index (χ0n) is 23.0. The minimum atomic E-state index is -0.301. The highest BCUT2D eigenvalue weighted by atomic mass is 32.2. The SMILES string of the molecule is CCCn1c(N2CCN(c3ccc(F)cc3)CC2)c(/C=C2\SC(=S)N(C3CCCCC3)C2=O)c(C)c(C#N)c1=O. The molecule has 1 aliphatic carbocycles. The Hall–Kier alpha value is -3.16. The number of thiocarbonyl (C=S) groups is 1. The lowest BCUT2D eigenvalue weighted by Gasteiger charge is -2.39. The maximum absolute atomic E-state index is 13.6. The molecule has 7 nitrogen and oxygen atoms in total. The Morgan fingerprint density at radius 2 is 1.73 bits per heavy atom. The van der Waals surface area contributed by atoms with Gasteiger partial charge < -0.3 is 9.80 Å². The first-order valence-corrected chi connectivity index (χ1v) is 15.3. The van der Waals surface area contributed by atoms with E-state index in [2.05, 4.69) is 15.9 Å². The van der Waals surface area contributed by atoms with Crippen LogP contribution in [0.1, 0.15) is 62.1 Å². The number of benzene rings is 1. The van der Waals surface area contributed by atoms with Crippen molar-refractivity contribution in [1.82, 2.24) is 9.47 Å². The molecule has 3 fully saturated rings. The normalized spacial score (nSPS) is 19.6. The fourth-order valence-electron chi connectivity index (χ4n) is 6.01. The number of rotatable bonds is 6. The topological polar surface area (TPSA) is 72.6 Å². The highest BCUT2D eigenvalue weighted by molar-refractivity contribution is 8.26. The van der Waals surface area contributed by atoms with Gasteiger partial charge in [-0.25, -0.2) is 4.39 Å². The highest BCUT2D eigenvalue weighted by Gasteiger charge is 2.38. The molecule has 1 aromatic heterocycles. The number of hydrogen-bond acceptors (Lipinski definition) is 7. The van der Waals surface area contributed by atoms with Crippen molar-refractivity contribution in [2.24, 2.45) is 0 Å². The van der Waals surface area contributed by atoms with Crippen molar-refractivity contribution in [2.45, 2.75) is 65.0 Å². The molecular weight excluding hydrogens is 545 g/mol. The number of thioether (sulfide) groups is 1. The van der Waals surface area contributed by atoms with E-state index >= 15 is 0 Å². The molecule has 0 bridgehead atoms. The number of aromatic nitrogens is 1. The molecule has 10 heteroatoms. The van der Waals surface area contributed by atoms with E-state index in [-0.39, 0.29) is 28.9 Å². The number of carbonyl (C=O) groups is 1. The third kappa shape index (κ3) is 5.41. The standard InChI is InChI=1S/C30H34FN5O2S2/c1-3-13-35-27(34-16-14-33(15-17-34)22-11-9-21(31)10-12-22)24(20(2)25(19-32)28(35)37)18-26-29(38)36(30(39)40-26)23-7-5-4-6-8-23/h9-12,18,23H,3-8,13-17H2,1-2H3/b26-18-. The molecular formula is C30H34FN5O2S2. The van der Waals surface area contributed by atoms with Gasteiger partial charge in [0, 0.05) is 50.0 Å². The largest absolute Gasteiger partial charge is 0.368 e. The van der Waals surface area contributed by atoms with Gasteiger partial charge in [0.1, 0.15) is 27.6 Å². The van der Waals surface area contributed by atoms with Gasteiger partial charge in [-0.2, -0.15) is 5.26 Å². The lowest BCUT2D eigenvalue weighted by Crippen LogP contribution is -2.48. The fourth-order valence-corrected chi connectivity index (χ4v) is 7.39. The molecule has 5 rings (SSSR count). The number of carbonyl (C=O) groups excluding carboxylic acids is 1. The Morgan fingerprint density at radius 1 is 1.07 bits per heavy atom. The summed E-state index contributed by atoms with van der Waals surface area (Å²) in [5.74, 6) is 0.391. The van der Waals surface area contributed by atoms with Crippen molar-refractivity contribution < 1.29 is 9.18 Å². The first-order chi connectivity index (χ1) is 19.3. The number of anilines is 2. The monoisotopic (exact) mass is 579 g/mol. The van der Waals surface area contributed by atoms with Gasteiger partial charge in [0.25, 0.3) is 11.5 Å². The van der Waals surface area contributed by atoms with E-state index < -0.39 is 0 Å². The van der Waals surface area contributed by atoms with Crippen LogP contribution in [0, 0.1) is 24.1 Å². The minimum absolute atomic E-state index is 0.0832. The summed E-state index contributed by atoms with van der Waals surface area (Å²) in [7, 11) is 0. The van der Waals surface area contributed by atoms with Gasteiger partial charge in [-0.1, -0.05) is 50.2 Å². The second kappa shape index (κ2) is 12.1. The quantitative estimate of drug-likeness (QED) is 0.334. The maximum Gasteiger partial charge on any atom is 0.270 e. The molecule has 0 atom stereocenters. The first-order valence-electron chi connectivity index (χ1n) is 14.0. The van der Waals surface area contributed by atoms with Crippen molar-refractivity contribution in [1.29, 1.82) is 5.26 Å². The molecule has 3 aliphatic rings. The van der Waals surface area contributed by atoms with Gasteiger partial charge in [0.2, 0.25) is 0 Å². The molecule has 0 spiro atoms. The van der Waals surface area contributed by atoms with E-state index in [0.717, 1.165) is 49.2 Å². The van der Waals surface area contributed by atoms with Gasteiger partial charge in [0.05, 0.1) is 4.91 Å². The van der Waals surface area contributed by atoms with Crippen molar-refractivity contribution in [2.75, 3.05) is 36.0 Å². The van der Waals surface area contributed by atoms with Crippen LogP contribution in [0.25, 0.3) is 6.08 Å². The molecule has 1 aromatic carbocycles. The fraction of sp³-hybridized carbons (Fsp3) is 0.467. The first kappa shape index (κ1) is 28.4. The molecule has 210 valence electrons. The van der Waals surface area contributed by atoms with Crippen LogP contribution < -0.4 is 15.4 Å². The van der Waals surface area contributed by atoms with Crippen LogP contribution >= 0.6 is 24.0 Å². The van der Waals surface area contributed by atoms with Crippen LogP contribution in [-0.2, 0) is 11.3 Å². The number of amides is 1. The molecule has 1 saturated carbocycles. The molecule has 0 unspecified atom stereocenters. The van der Waals surface area contributed by atoms with Crippen molar-refractivity contribution in [3.8, 4) is 6.07 Å². The van der Waals surface area contributed by atoms with Crippen LogP contribution in [-0.4, -0.2) is 51.9 Å². The number of hydrogen-bond donors (Lipinski definition) is 0. The summed E-state index contributed by atoms with van der Waals surface area (Å²) < 4.78 is 15.7. The molecule has 1 amide bonds. The summed E-state index contributed by atoms with van der Waals surface area (Å²) in [5, 5.41) is 9.93. The van der Waals surface area contributed by atoms with E-state index in [0.29, 0.717) is 47.5 Å². The third-order valence-electron chi connectivity index (χ3n) is 8.10. The minimum Gasteiger partial charge on any atom is -0.368 e. The van der Waals surface area contributed by atoms with Crippen LogP contribution in [0.4, 0.5) is 15.9 Å². The zero-order valence-corrected chi connectivity index (χ0v) is 24.6. The smallest absolute Gasteiger partial charge is 0.270 e. The van der Waals surface area contributed by atoms with Gasteiger partial charge in [-0.3, -0.25) is 19.1 Å². The summed E-state index contributed by atoms with van der Waals surface area (Å²) in [6.07, 6.45) is 7.88. The number of pyridine rings is 1. The predicted octanol–water partition coefficient (Wildman–Crippen LogP) is 5.44. The Morgan fingerprint density at radius 3 is 2.35 bits per heavy atom. The maximum atomic E-state index is 13.6. The Balaban J connectivity index is 1.54. The number of piperazine rings is 1. The molecule has 2 aliphatic heterocycles.